The molecule has 6 rings (SSSR count). The van der Waals surface area contributed by atoms with Gasteiger partial charge in [-0.15, -0.1) is 0 Å². The van der Waals surface area contributed by atoms with Gasteiger partial charge < -0.3 is 20.8 Å². The molecule has 7 nitrogen and oxygen atoms in total. The van der Waals surface area contributed by atoms with E-state index < -0.39 is 5.60 Å². The number of anilines is 1. The Balaban J connectivity index is 1.35. The van der Waals surface area contributed by atoms with E-state index in [9.17, 15) is 9.90 Å². The molecule has 152 valence electrons. The third kappa shape index (κ3) is 3.18. The Morgan fingerprint density at radius 1 is 1.21 bits per heavy atom. The van der Waals surface area contributed by atoms with E-state index in [1.165, 1.54) is 6.42 Å². The molecule has 28 heavy (non-hydrogen) atoms. The maximum atomic E-state index is 13.2. The van der Waals surface area contributed by atoms with Gasteiger partial charge in [0.2, 0.25) is 5.95 Å². The predicted octanol–water partition coefficient (Wildman–Crippen LogP) is 1.82. The van der Waals surface area contributed by atoms with E-state index in [2.05, 4.69) is 20.6 Å². The van der Waals surface area contributed by atoms with E-state index >= 15 is 0 Å². The lowest BCUT2D eigenvalue weighted by Gasteiger charge is -2.58. The van der Waals surface area contributed by atoms with Crippen LogP contribution >= 0.6 is 0 Å². The second-order valence-corrected chi connectivity index (χ2v) is 9.46. The van der Waals surface area contributed by atoms with Crippen molar-refractivity contribution in [3.63, 3.8) is 0 Å². The number of carbonyl (C=O) groups excluding carboxylic acids is 1. The molecular formula is C21H30N4O3. The molecule has 0 aliphatic heterocycles. The Hall–Kier alpha value is -1.73. The van der Waals surface area contributed by atoms with Crippen LogP contribution in [0, 0.1) is 17.8 Å². The molecule has 7 heteroatoms. The zero-order chi connectivity index (χ0) is 19.3. The largest absolute Gasteiger partial charge is 0.395 e. The summed E-state index contributed by atoms with van der Waals surface area (Å²) in [6.07, 6.45) is 9.76. The quantitative estimate of drug-likeness (QED) is 0.594. The van der Waals surface area contributed by atoms with Gasteiger partial charge in [0.05, 0.1) is 23.5 Å². The molecule has 4 N–H and O–H groups in total. The SMILES string of the molecule is O=C(N[C@H]1C2CC3CC1C[C@@](O)(C3)C2)c1cnc(NCCO)nc1C1CCC1. The second-order valence-electron chi connectivity index (χ2n) is 9.46. The van der Waals surface area contributed by atoms with Crippen LogP contribution in [0.2, 0.25) is 0 Å². The Labute approximate surface area is 165 Å². The summed E-state index contributed by atoms with van der Waals surface area (Å²) >= 11 is 0. The van der Waals surface area contributed by atoms with E-state index in [0.29, 0.717) is 41.7 Å². The molecule has 2 unspecified atom stereocenters. The van der Waals surface area contributed by atoms with Crippen LogP contribution in [-0.4, -0.2) is 50.9 Å². The number of aromatic nitrogens is 2. The predicted molar refractivity (Wildman–Crippen MR) is 104 cm³/mol. The van der Waals surface area contributed by atoms with E-state index in [0.717, 1.165) is 50.6 Å². The van der Waals surface area contributed by atoms with Crippen molar-refractivity contribution in [2.75, 3.05) is 18.5 Å². The first-order chi connectivity index (χ1) is 13.5. The normalized spacial score (nSPS) is 36.2. The summed E-state index contributed by atoms with van der Waals surface area (Å²) < 4.78 is 0. The molecule has 5 saturated carbocycles. The number of aliphatic hydroxyl groups excluding tert-OH is 1. The molecule has 0 saturated heterocycles. The molecule has 0 radical (unpaired) electrons. The highest BCUT2D eigenvalue weighted by Crippen LogP contribution is 2.55. The smallest absolute Gasteiger partial charge is 0.254 e. The van der Waals surface area contributed by atoms with Gasteiger partial charge in [-0.2, -0.15) is 0 Å². The van der Waals surface area contributed by atoms with Crippen molar-refractivity contribution < 1.29 is 15.0 Å². The highest BCUT2D eigenvalue weighted by Gasteiger charge is 2.55. The Kier molecular flexibility index (Phi) is 4.55. The number of rotatable bonds is 6. The van der Waals surface area contributed by atoms with Crippen molar-refractivity contribution in [2.45, 2.75) is 68.9 Å². The Morgan fingerprint density at radius 3 is 2.57 bits per heavy atom. The maximum Gasteiger partial charge on any atom is 0.254 e. The number of amides is 1. The van der Waals surface area contributed by atoms with Crippen LogP contribution in [0.4, 0.5) is 5.95 Å². The van der Waals surface area contributed by atoms with Gasteiger partial charge >= 0.3 is 0 Å². The lowest BCUT2D eigenvalue weighted by Crippen LogP contribution is -2.61. The van der Waals surface area contributed by atoms with Gasteiger partial charge in [-0.1, -0.05) is 6.42 Å². The zero-order valence-electron chi connectivity index (χ0n) is 16.2. The van der Waals surface area contributed by atoms with E-state index in [1.807, 2.05) is 0 Å². The van der Waals surface area contributed by atoms with Gasteiger partial charge in [0.1, 0.15) is 0 Å². The standard InChI is InChI=1S/C21H30N4O3/c26-5-4-22-20-23-11-16(18(25-20)13-2-1-3-13)19(27)24-17-14-6-12-7-15(17)10-21(28,8-12)9-14/h11-15,17,26,28H,1-10H2,(H,24,27)(H,22,23,25)/t12?,14?,15?,17-,21+. The highest BCUT2D eigenvalue weighted by molar-refractivity contribution is 5.95. The summed E-state index contributed by atoms with van der Waals surface area (Å²) in [5.74, 6) is 2.13. The zero-order valence-corrected chi connectivity index (χ0v) is 16.2. The molecular weight excluding hydrogens is 356 g/mol. The summed E-state index contributed by atoms with van der Waals surface area (Å²) in [5.41, 5.74) is 0.936. The minimum Gasteiger partial charge on any atom is -0.395 e. The highest BCUT2D eigenvalue weighted by atomic mass is 16.3. The van der Waals surface area contributed by atoms with Crippen LogP contribution in [-0.2, 0) is 0 Å². The maximum absolute atomic E-state index is 13.2. The molecule has 5 fully saturated rings. The van der Waals surface area contributed by atoms with Crippen molar-refractivity contribution in [1.29, 1.82) is 0 Å². The first kappa shape index (κ1) is 18.3. The van der Waals surface area contributed by atoms with Crippen molar-refractivity contribution in [2.24, 2.45) is 17.8 Å². The average Bonchev–Trinajstić information content (AvgIpc) is 2.60. The number of nitrogens with one attached hydrogen (secondary N) is 2. The summed E-state index contributed by atoms with van der Waals surface area (Å²) in [5, 5.41) is 26.1. The average molecular weight is 386 g/mol. The van der Waals surface area contributed by atoms with Crippen LogP contribution in [0.5, 0.6) is 0 Å². The van der Waals surface area contributed by atoms with E-state index in [1.54, 1.807) is 6.20 Å². The molecule has 0 aromatic carbocycles. The summed E-state index contributed by atoms with van der Waals surface area (Å²) in [6, 6.07) is 0.158. The minimum atomic E-state index is -0.488. The molecule has 1 aromatic heterocycles. The van der Waals surface area contributed by atoms with Gasteiger partial charge in [0.25, 0.3) is 5.91 Å². The summed E-state index contributed by atoms with van der Waals surface area (Å²) in [7, 11) is 0. The lowest BCUT2D eigenvalue weighted by atomic mass is 9.52. The van der Waals surface area contributed by atoms with Crippen LogP contribution in [0.15, 0.2) is 6.20 Å². The van der Waals surface area contributed by atoms with Gasteiger partial charge in [-0.05, 0) is 62.7 Å². The molecule has 1 aromatic rings. The molecule has 4 bridgehead atoms. The van der Waals surface area contributed by atoms with Crippen LogP contribution in [0.25, 0.3) is 0 Å². The van der Waals surface area contributed by atoms with Gasteiger partial charge in [0, 0.05) is 24.7 Å². The number of carbonyl (C=O) groups is 1. The third-order valence-electron chi connectivity index (χ3n) is 7.49. The molecule has 1 heterocycles. The topological polar surface area (TPSA) is 107 Å². The molecule has 5 aliphatic rings. The molecule has 0 spiro atoms. The van der Waals surface area contributed by atoms with Crippen LogP contribution in [0.3, 0.4) is 0 Å². The Morgan fingerprint density at radius 2 is 1.96 bits per heavy atom. The summed E-state index contributed by atoms with van der Waals surface area (Å²) in [4.78, 5) is 22.1. The number of aliphatic hydroxyl groups is 2. The number of hydrogen-bond acceptors (Lipinski definition) is 6. The van der Waals surface area contributed by atoms with Crippen molar-refractivity contribution in [1.82, 2.24) is 15.3 Å². The van der Waals surface area contributed by atoms with Gasteiger partial charge in [-0.25, -0.2) is 9.97 Å². The minimum absolute atomic E-state index is 0.0160. The van der Waals surface area contributed by atoms with Crippen molar-refractivity contribution in [3.8, 4) is 0 Å². The van der Waals surface area contributed by atoms with Crippen LogP contribution in [0.1, 0.15) is 73.3 Å². The van der Waals surface area contributed by atoms with Gasteiger partial charge in [0.15, 0.2) is 0 Å². The Bertz CT molecular complexity index is 750. The fraction of sp³-hybridized carbons (Fsp3) is 0.762. The van der Waals surface area contributed by atoms with Crippen molar-refractivity contribution in [3.05, 3.63) is 17.5 Å². The molecule has 1 amide bonds. The number of hydrogen-bond donors (Lipinski definition) is 4. The molecule has 2 atom stereocenters. The first-order valence-electron chi connectivity index (χ1n) is 10.8. The first-order valence-corrected chi connectivity index (χ1v) is 10.8. The lowest BCUT2D eigenvalue weighted by molar-refractivity contribution is -0.136. The van der Waals surface area contributed by atoms with Crippen LogP contribution < -0.4 is 10.6 Å². The molecule has 5 aliphatic carbocycles. The fourth-order valence-corrected chi connectivity index (χ4v) is 6.26. The fourth-order valence-electron chi connectivity index (χ4n) is 6.26. The van der Waals surface area contributed by atoms with E-state index in [4.69, 9.17) is 5.11 Å². The van der Waals surface area contributed by atoms with Gasteiger partial charge in [-0.3, -0.25) is 4.79 Å². The third-order valence-corrected chi connectivity index (χ3v) is 7.49. The van der Waals surface area contributed by atoms with E-state index in [-0.39, 0.29) is 18.6 Å². The number of nitrogens with zero attached hydrogens (tertiary/aromatic N) is 2. The monoisotopic (exact) mass is 386 g/mol. The van der Waals surface area contributed by atoms with Crippen molar-refractivity contribution >= 4 is 11.9 Å². The second kappa shape index (κ2) is 6.95. The summed E-state index contributed by atoms with van der Waals surface area (Å²) in [6.45, 7) is 0.410.